The molecule has 0 saturated heterocycles. The lowest BCUT2D eigenvalue weighted by Gasteiger charge is -2.23. The maximum atomic E-state index is 12.3. The molecule has 1 aliphatic rings. The quantitative estimate of drug-likeness (QED) is 0.822. The fourth-order valence-corrected chi connectivity index (χ4v) is 3.20. The van der Waals surface area contributed by atoms with Crippen molar-refractivity contribution in [3.05, 3.63) is 29.6 Å². The van der Waals surface area contributed by atoms with Gasteiger partial charge >= 0.3 is 6.09 Å². The van der Waals surface area contributed by atoms with Gasteiger partial charge < -0.3 is 19.7 Å². The summed E-state index contributed by atoms with van der Waals surface area (Å²) in [7, 11) is 1.96. The van der Waals surface area contributed by atoms with E-state index in [0.29, 0.717) is 0 Å². The first-order valence-electron chi connectivity index (χ1n) is 9.32. The van der Waals surface area contributed by atoms with Crippen molar-refractivity contribution >= 4 is 17.1 Å². The number of imidazole rings is 1. The van der Waals surface area contributed by atoms with Gasteiger partial charge in [-0.2, -0.15) is 0 Å². The fraction of sp³-hybridized carbons (Fsp3) is 0.600. The molecule has 0 bridgehead atoms. The van der Waals surface area contributed by atoms with Gasteiger partial charge in [0, 0.05) is 7.05 Å². The molecule has 1 atom stereocenters. The number of rotatable bonds is 6. The van der Waals surface area contributed by atoms with Crippen LogP contribution in [0.3, 0.4) is 0 Å². The van der Waals surface area contributed by atoms with Crippen LogP contribution in [0.4, 0.5) is 4.79 Å². The maximum absolute atomic E-state index is 12.3. The molecule has 1 aliphatic carbocycles. The molecular weight excluding hydrogens is 330 g/mol. The molecule has 1 fully saturated rings. The van der Waals surface area contributed by atoms with Crippen molar-refractivity contribution < 1.29 is 14.6 Å². The second kappa shape index (κ2) is 7.27. The van der Waals surface area contributed by atoms with Gasteiger partial charge in [0.2, 0.25) is 0 Å². The third kappa shape index (κ3) is 4.55. The Morgan fingerprint density at radius 3 is 2.77 bits per heavy atom. The highest BCUT2D eigenvalue weighted by molar-refractivity contribution is 5.77. The number of aliphatic hydroxyl groups is 1. The third-order valence-corrected chi connectivity index (χ3v) is 4.73. The van der Waals surface area contributed by atoms with Gasteiger partial charge in [-0.25, -0.2) is 9.78 Å². The highest BCUT2D eigenvalue weighted by atomic mass is 16.6. The summed E-state index contributed by atoms with van der Waals surface area (Å²) in [6, 6.07) is 5.56. The Morgan fingerprint density at radius 2 is 2.15 bits per heavy atom. The average molecular weight is 359 g/mol. The van der Waals surface area contributed by atoms with E-state index in [0.717, 1.165) is 41.2 Å². The number of carbonyl (C=O) groups excluding carboxylic acids is 1. The summed E-state index contributed by atoms with van der Waals surface area (Å²) in [4.78, 5) is 17.1. The largest absolute Gasteiger partial charge is 0.444 e. The van der Waals surface area contributed by atoms with Crippen LogP contribution in [-0.4, -0.2) is 26.4 Å². The Morgan fingerprint density at radius 1 is 1.42 bits per heavy atom. The van der Waals surface area contributed by atoms with E-state index in [4.69, 9.17) is 9.72 Å². The first kappa shape index (κ1) is 18.7. The highest BCUT2D eigenvalue weighted by Gasteiger charge is 2.28. The van der Waals surface area contributed by atoms with Crippen molar-refractivity contribution in [3.63, 3.8) is 0 Å². The summed E-state index contributed by atoms with van der Waals surface area (Å²) >= 11 is 0. The Balaban J connectivity index is 1.86. The third-order valence-electron chi connectivity index (χ3n) is 4.73. The van der Waals surface area contributed by atoms with Crippen molar-refractivity contribution in [2.75, 3.05) is 0 Å². The molecule has 1 aromatic heterocycles. The van der Waals surface area contributed by atoms with Gasteiger partial charge in [0.15, 0.2) is 0 Å². The standard InChI is InChI=1S/C20H29N3O3/c1-20(2,3)26-19(25)22-15(9-7-13-5-6-13)18-21-16-11-14(12-24)8-10-17(16)23(18)4/h8,10-11,13,15,24H,5-7,9,12H2,1-4H3,(H,22,25). The Hall–Kier alpha value is -2.08. The molecule has 0 spiro atoms. The van der Waals surface area contributed by atoms with E-state index >= 15 is 0 Å². The number of aliphatic hydroxyl groups excluding tert-OH is 1. The summed E-state index contributed by atoms with van der Waals surface area (Å²) in [6.45, 7) is 5.56. The zero-order chi connectivity index (χ0) is 18.9. The van der Waals surface area contributed by atoms with Gasteiger partial charge in [-0.1, -0.05) is 18.9 Å². The smallest absolute Gasteiger partial charge is 0.408 e. The van der Waals surface area contributed by atoms with E-state index in [9.17, 15) is 9.90 Å². The minimum Gasteiger partial charge on any atom is -0.444 e. The lowest BCUT2D eigenvalue weighted by molar-refractivity contribution is 0.0497. The van der Waals surface area contributed by atoms with Gasteiger partial charge in [-0.05, 0) is 57.2 Å². The number of hydrogen-bond donors (Lipinski definition) is 2. The number of aryl methyl sites for hydroxylation is 1. The summed E-state index contributed by atoms with van der Waals surface area (Å²) < 4.78 is 7.46. The van der Waals surface area contributed by atoms with Gasteiger partial charge in [-0.15, -0.1) is 0 Å². The molecule has 2 N–H and O–H groups in total. The predicted octanol–water partition coefficient (Wildman–Crippen LogP) is 3.82. The van der Waals surface area contributed by atoms with Crippen molar-refractivity contribution in [1.29, 1.82) is 0 Å². The molecule has 26 heavy (non-hydrogen) atoms. The maximum Gasteiger partial charge on any atom is 0.408 e. The average Bonchev–Trinajstić information content (AvgIpc) is 3.33. The lowest BCUT2D eigenvalue weighted by Crippen LogP contribution is -2.36. The first-order valence-corrected chi connectivity index (χ1v) is 9.32. The van der Waals surface area contributed by atoms with E-state index in [1.807, 2.05) is 50.6 Å². The van der Waals surface area contributed by atoms with Crippen LogP contribution in [0.25, 0.3) is 11.0 Å². The summed E-state index contributed by atoms with van der Waals surface area (Å²) in [5, 5.41) is 12.4. The normalized spacial score (nSPS) is 15.9. The van der Waals surface area contributed by atoms with E-state index in [2.05, 4.69) is 5.32 Å². The number of alkyl carbamates (subject to hydrolysis) is 1. The minimum atomic E-state index is -0.534. The van der Waals surface area contributed by atoms with Crippen molar-refractivity contribution in [3.8, 4) is 0 Å². The number of amides is 1. The number of carbonyl (C=O) groups is 1. The van der Waals surface area contributed by atoms with Crippen LogP contribution in [0.1, 0.15) is 63.9 Å². The van der Waals surface area contributed by atoms with Gasteiger partial charge in [0.25, 0.3) is 0 Å². The molecule has 1 amide bonds. The molecule has 1 unspecified atom stereocenters. The molecule has 2 aromatic rings. The van der Waals surface area contributed by atoms with Crippen LogP contribution in [-0.2, 0) is 18.4 Å². The molecule has 1 saturated carbocycles. The summed E-state index contributed by atoms with van der Waals surface area (Å²) in [6.07, 6.45) is 4.06. The second-order valence-electron chi connectivity index (χ2n) is 8.23. The first-order chi connectivity index (χ1) is 12.3. The van der Waals surface area contributed by atoms with Crippen LogP contribution >= 0.6 is 0 Å². The molecular formula is C20H29N3O3. The number of ether oxygens (including phenoxy) is 1. The van der Waals surface area contributed by atoms with Crippen molar-refractivity contribution in [1.82, 2.24) is 14.9 Å². The Labute approximate surface area is 154 Å². The molecule has 6 heteroatoms. The van der Waals surface area contributed by atoms with E-state index in [1.54, 1.807) is 0 Å². The molecule has 6 nitrogen and oxygen atoms in total. The van der Waals surface area contributed by atoms with Crippen molar-refractivity contribution in [2.45, 2.75) is 64.7 Å². The number of benzene rings is 1. The summed E-state index contributed by atoms with van der Waals surface area (Å²) in [5.41, 5.74) is 2.11. The zero-order valence-electron chi connectivity index (χ0n) is 16.1. The number of nitrogens with zero attached hydrogens (tertiary/aromatic N) is 2. The Kier molecular flexibility index (Phi) is 5.23. The molecule has 1 aromatic carbocycles. The summed E-state index contributed by atoms with van der Waals surface area (Å²) in [5.74, 6) is 1.59. The number of nitrogens with one attached hydrogen (secondary N) is 1. The van der Waals surface area contributed by atoms with Crippen LogP contribution in [0.15, 0.2) is 18.2 Å². The van der Waals surface area contributed by atoms with Crippen LogP contribution in [0, 0.1) is 5.92 Å². The Bertz CT molecular complexity index is 787. The number of hydrogen-bond acceptors (Lipinski definition) is 4. The SMILES string of the molecule is Cn1c(C(CCC2CC2)NC(=O)OC(C)(C)C)nc2cc(CO)ccc21. The molecule has 0 radical (unpaired) electrons. The zero-order valence-corrected chi connectivity index (χ0v) is 16.1. The topological polar surface area (TPSA) is 76.4 Å². The fourth-order valence-electron chi connectivity index (χ4n) is 3.20. The molecule has 1 heterocycles. The van der Waals surface area contributed by atoms with E-state index in [-0.39, 0.29) is 12.6 Å². The number of fused-ring (bicyclic) bond motifs is 1. The van der Waals surface area contributed by atoms with E-state index < -0.39 is 11.7 Å². The van der Waals surface area contributed by atoms with Gasteiger partial charge in [-0.3, -0.25) is 0 Å². The second-order valence-corrected chi connectivity index (χ2v) is 8.23. The molecule has 142 valence electrons. The van der Waals surface area contributed by atoms with Crippen molar-refractivity contribution in [2.24, 2.45) is 13.0 Å². The van der Waals surface area contributed by atoms with Crippen LogP contribution < -0.4 is 5.32 Å². The number of aromatic nitrogens is 2. The lowest BCUT2D eigenvalue weighted by atomic mass is 10.1. The van der Waals surface area contributed by atoms with Gasteiger partial charge in [0.1, 0.15) is 11.4 Å². The minimum absolute atomic E-state index is 0.0108. The van der Waals surface area contributed by atoms with Crippen LogP contribution in [0.2, 0.25) is 0 Å². The molecule has 0 aliphatic heterocycles. The monoisotopic (exact) mass is 359 g/mol. The van der Waals surface area contributed by atoms with Crippen LogP contribution in [0.5, 0.6) is 0 Å². The highest BCUT2D eigenvalue weighted by Crippen LogP contribution is 2.36. The van der Waals surface area contributed by atoms with E-state index in [1.165, 1.54) is 12.8 Å². The molecule has 3 rings (SSSR count). The predicted molar refractivity (Wildman–Crippen MR) is 101 cm³/mol. The van der Waals surface area contributed by atoms with Gasteiger partial charge in [0.05, 0.1) is 23.7 Å².